The summed E-state index contributed by atoms with van der Waals surface area (Å²) in [6.45, 7) is -1.80. The maximum Gasteiger partial charge on any atom is 0.274 e. The molecular formula is C9H16N4O4. The van der Waals surface area contributed by atoms with E-state index in [2.05, 4.69) is 10.4 Å². The van der Waals surface area contributed by atoms with Gasteiger partial charge in [0.05, 0.1) is 25.5 Å². The Balaban J connectivity index is 2.88. The number of anilines is 1. The molecule has 1 aromatic heterocycles. The molecule has 8 nitrogen and oxygen atoms in total. The SMILES string of the molecule is Cn1cc(N)c(C(=O)NC(CO)(CO)CO)n1. The zero-order valence-electron chi connectivity index (χ0n) is 9.42. The van der Waals surface area contributed by atoms with Crippen molar-refractivity contribution >= 4 is 11.6 Å². The summed E-state index contributed by atoms with van der Waals surface area (Å²) in [5.74, 6) is -0.666. The first-order valence-corrected chi connectivity index (χ1v) is 4.92. The lowest BCUT2D eigenvalue weighted by Crippen LogP contribution is -2.57. The van der Waals surface area contributed by atoms with E-state index < -0.39 is 31.3 Å². The van der Waals surface area contributed by atoms with E-state index in [1.165, 1.54) is 10.9 Å². The molecule has 1 rings (SSSR count). The summed E-state index contributed by atoms with van der Waals surface area (Å²) < 4.78 is 1.36. The number of aliphatic hydroxyl groups is 3. The number of aryl methyl sites for hydroxylation is 1. The third-order valence-electron chi connectivity index (χ3n) is 2.36. The van der Waals surface area contributed by atoms with Crippen molar-refractivity contribution < 1.29 is 20.1 Å². The maximum absolute atomic E-state index is 11.8. The van der Waals surface area contributed by atoms with E-state index in [9.17, 15) is 4.79 Å². The molecule has 0 aliphatic rings. The van der Waals surface area contributed by atoms with Crippen LogP contribution in [0, 0.1) is 0 Å². The van der Waals surface area contributed by atoms with Crippen molar-refractivity contribution in [2.75, 3.05) is 25.6 Å². The topological polar surface area (TPSA) is 134 Å². The summed E-state index contributed by atoms with van der Waals surface area (Å²) in [7, 11) is 1.60. The first-order chi connectivity index (χ1) is 7.98. The Bertz CT molecular complexity index is 391. The van der Waals surface area contributed by atoms with Gasteiger partial charge in [-0.15, -0.1) is 0 Å². The van der Waals surface area contributed by atoms with Crippen molar-refractivity contribution in [3.05, 3.63) is 11.9 Å². The highest BCUT2D eigenvalue weighted by Gasteiger charge is 2.31. The Morgan fingerprint density at radius 1 is 1.47 bits per heavy atom. The first-order valence-electron chi connectivity index (χ1n) is 4.92. The molecule has 1 heterocycles. The Morgan fingerprint density at radius 3 is 2.35 bits per heavy atom. The van der Waals surface area contributed by atoms with Gasteiger partial charge in [-0.2, -0.15) is 5.10 Å². The third-order valence-corrected chi connectivity index (χ3v) is 2.36. The van der Waals surface area contributed by atoms with Crippen LogP contribution in [0.15, 0.2) is 6.20 Å². The van der Waals surface area contributed by atoms with Gasteiger partial charge in [0, 0.05) is 13.2 Å². The fourth-order valence-electron chi connectivity index (χ4n) is 1.25. The molecule has 96 valence electrons. The summed E-state index contributed by atoms with van der Waals surface area (Å²) in [4.78, 5) is 11.8. The van der Waals surface area contributed by atoms with E-state index in [0.717, 1.165) is 0 Å². The molecule has 0 radical (unpaired) electrons. The van der Waals surface area contributed by atoms with Gasteiger partial charge in [-0.3, -0.25) is 9.48 Å². The molecule has 6 N–H and O–H groups in total. The minimum Gasteiger partial charge on any atom is -0.396 e. The van der Waals surface area contributed by atoms with Gasteiger partial charge < -0.3 is 26.4 Å². The standard InChI is InChI=1S/C9H16N4O4/c1-13-2-6(10)7(12-13)8(17)11-9(3-14,4-15)5-16/h2,14-16H,3-5,10H2,1H3,(H,11,17). The lowest BCUT2D eigenvalue weighted by atomic mass is 10.0. The molecule has 0 saturated carbocycles. The smallest absolute Gasteiger partial charge is 0.274 e. The van der Waals surface area contributed by atoms with Crippen molar-refractivity contribution in [3.8, 4) is 0 Å². The molecule has 8 heteroatoms. The van der Waals surface area contributed by atoms with Gasteiger partial charge in [-0.05, 0) is 0 Å². The molecule has 1 amide bonds. The highest BCUT2D eigenvalue weighted by molar-refractivity contribution is 5.97. The Kier molecular flexibility index (Phi) is 4.05. The normalized spacial score (nSPS) is 11.5. The minimum absolute atomic E-state index is 0.0211. The van der Waals surface area contributed by atoms with E-state index in [1.807, 2.05) is 0 Å². The second-order valence-electron chi connectivity index (χ2n) is 3.82. The Labute approximate surface area is 97.7 Å². The van der Waals surface area contributed by atoms with Gasteiger partial charge in [0.15, 0.2) is 5.69 Å². The molecule has 0 aromatic carbocycles. The van der Waals surface area contributed by atoms with Gasteiger partial charge in [0.2, 0.25) is 0 Å². The van der Waals surface area contributed by atoms with Gasteiger partial charge in [0.1, 0.15) is 5.54 Å². The molecular weight excluding hydrogens is 228 g/mol. The van der Waals surface area contributed by atoms with Gasteiger partial charge in [-0.1, -0.05) is 0 Å². The number of nitrogens with zero attached hydrogens (tertiary/aromatic N) is 2. The monoisotopic (exact) mass is 244 g/mol. The number of aliphatic hydroxyl groups excluding tert-OH is 3. The Hall–Kier alpha value is -1.64. The fraction of sp³-hybridized carbons (Fsp3) is 0.556. The lowest BCUT2D eigenvalue weighted by molar-refractivity contribution is 0.0373. The molecule has 0 unspecified atom stereocenters. The molecule has 0 aliphatic heterocycles. The summed E-state index contributed by atoms with van der Waals surface area (Å²) in [5.41, 5.74) is 4.22. The highest BCUT2D eigenvalue weighted by atomic mass is 16.3. The van der Waals surface area contributed by atoms with Crippen LogP contribution in [0.25, 0.3) is 0 Å². The number of rotatable bonds is 5. The van der Waals surface area contributed by atoms with Gasteiger partial charge in [0.25, 0.3) is 5.91 Å². The van der Waals surface area contributed by atoms with Crippen molar-refractivity contribution in [3.63, 3.8) is 0 Å². The van der Waals surface area contributed by atoms with E-state index in [-0.39, 0.29) is 11.4 Å². The quantitative estimate of drug-likeness (QED) is 0.387. The summed E-state index contributed by atoms with van der Waals surface area (Å²) in [6, 6.07) is 0. The Morgan fingerprint density at radius 2 is 2.00 bits per heavy atom. The average Bonchev–Trinajstić information content (AvgIpc) is 2.65. The number of amides is 1. The number of carbonyl (C=O) groups excluding carboxylic acids is 1. The molecule has 0 atom stereocenters. The molecule has 17 heavy (non-hydrogen) atoms. The molecule has 1 aromatic rings. The van der Waals surface area contributed by atoms with Crippen molar-refractivity contribution in [2.24, 2.45) is 7.05 Å². The van der Waals surface area contributed by atoms with Gasteiger partial charge >= 0.3 is 0 Å². The first kappa shape index (κ1) is 13.4. The molecule has 0 saturated heterocycles. The van der Waals surface area contributed by atoms with Crippen LogP contribution in [0.4, 0.5) is 5.69 Å². The number of nitrogens with two attached hydrogens (primary N) is 1. The molecule has 0 bridgehead atoms. The van der Waals surface area contributed by atoms with Crippen LogP contribution in [-0.2, 0) is 7.05 Å². The van der Waals surface area contributed by atoms with Gasteiger partial charge in [-0.25, -0.2) is 0 Å². The number of nitrogens with one attached hydrogen (secondary N) is 1. The highest BCUT2D eigenvalue weighted by Crippen LogP contribution is 2.10. The molecule has 0 fully saturated rings. The molecule has 0 aliphatic carbocycles. The minimum atomic E-state index is -1.49. The number of nitrogen functional groups attached to an aromatic ring is 1. The third kappa shape index (κ3) is 2.73. The summed E-state index contributed by atoms with van der Waals surface area (Å²) in [6.07, 6.45) is 1.45. The van der Waals surface area contributed by atoms with E-state index in [0.29, 0.717) is 0 Å². The predicted molar refractivity (Wildman–Crippen MR) is 59.1 cm³/mol. The number of hydrogen-bond donors (Lipinski definition) is 5. The van der Waals surface area contributed by atoms with Crippen LogP contribution >= 0.6 is 0 Å². The van der Waals surface area contributed by atoms with Crippen LogP contribution in [0.5, 0.6) is 0 Å². The van der Waals surface area contributed by atoms with E-state index in [4.69, 9.17) is 21.1 Å². The maximum atomic E-state index is 11.8. The number of hydrogen-bond acceptors (Lipinski definition) is 6. The van der Waals surface area contributed by atoms with E-state index >= 15 is 0 Å². The summed E-state index contributed by atoms with van der Waals surface area (Å²) >= 11 is 0. The second kappa shape index (κ2) is 5.13. The second-order valence-corrected chi connectivity index (χ2v) is 3.82. The van der Waals surface area contributed by atoms with Crippen LogP contribution in [0.3, 0.4) is 0 Å². The summed E-state index contributed by atoms with van der Waals surface area (Å²) in [5, 5.41) is 33.3. The fourth-order valence-corrected chi connectivity index (χ4v) is 1.25. The predicted octanol–water partition coefficient (Wildman–Crippen LogP) is -2.55. The van der Waals surface area contributed by atoms with Crippen molar-refractivity contribution in [1.82, 2.24) is 15.1 Å². The van der Waals surface area contributed by atoms with Crippen LogP contribution in [-0.4, -0.2) is 56.4 Å². The van der Waals surface area contributed by atoms with Crippen molar-refractivity contribution in [2.45, 2.75) is 5.54 Å². The molecule has 0 spiro atoms. The van der Waals surface area contributed by atoms with Crippen molar-refractivity contribution in [1.29, 1.82) is 0 Å². The van der Waals surface area contributed by atoms with Crippen LogP contribution in [0.2, 0.25) is 0 Å². The van der Waals surface area contributed by atoms with Crippen LogP contribution < -0.4 is 11.1 Å². The number of carbonyl (C=O) groups is 1. The zero-order valence-corrected chi connectivity index (χ0v) is 9.42. The number of aromatic nitrogens is 2. The lowest BCUT2D eigenvalue weighted by Gasteiger charge is -2.28. The van der Waals surface area contributed by atoms with Crippen LogP contribution in [0.1, 0.15) is 10.5 Å². The zero-order chi connectivity index (χ0) is 13.1. The largest absolute Gasteiger partial charge is 0.396 e. The average molecular weight is 244 g/mol. The van der Waals surface area contributed by atoms with E-state index in [1.54, 1.807) is 7.05 Å².